The van der Waals surface area contributed by atoms with Gasteiger partial charge in [0.15, 0.2) is 0 Å². The fourth-order valence-electron chi connectivity index (χ4n) is 1.46. The maximum Gasteiger partial charge on any atom is 0.262 e. The van der Waals surface area contributed by atoms with Gasteiger partial charge in [0.1, 0.15) is 5.82 Å². The lowest BCUT2D eigenvalue weighted by Gasteiger charge is -2.10. The Hall–Kier alpha value is -0.820. The number of rotatable bonds is 3. The number of hydrogen-bond acceptors (Lipinski definition) is 2. The molecule has 0 unspecified atom stereocenters. The van der Waals surface area contributed by atoms with Crippen LogP contribution in [0.15, 0.2) is 45.8 Å². The first-order valence-electron chi connectivity index (χ1n) is 5.22. The molecule has 1 N–H and O–H groups in total. The van der Waals surface area contributed by atoms with E-state index < -0.39 is 15.8 Å². The Morgan fingerprint density at radius 2 is 1.65 bits per heavy atom. The van der Waals surface area contributed by atoms with Gasteiger partial charge in [0, 0.05) is 14.5 Å². The number of benzene rings is 2. The zero-order valence-electron chi connectivity index (χ0n) is 9.70. The van der Waals surface area contributed by atoms with Gasteiger partial charge in [0.25, 0.3) is 10.0 Å². The van der Waals surface area contributed by atoms with Gasteiger partial charge >= 0.3 is 0 Å². The summed E-state index contributed by atoms with van der Waals surface area (Å²) >= 11 is 14.7. The SMILES string of the molecule is O=S(=O)(Nc1cc(F)ccc1Br)c1cc(Cl)cc(Cl)c1. The molecule has 2 rings (SSSR count). The first kappa shape index (κ1) is 15.6. The minimum atomic E-state index is -3.91. The highest BCUT2D eigenvalue weighted by atomic mass is 79.9. The van der Waals surface area contributed by atoms with Crippen LogP contribution >= 0.6 is 39.1 Å². The molecule has 8 heteroatoms. The molecule has 0 radical (unpaired) electrons. The molecule has 2 aromatic carbocycles. The number of anilines is 1. The third kappa shape index (κ3) is 3.63. The fraction of sp³-hybridized carbons (Fsp3) is 0. The molecule has 0 aromatic heterocycles. The predicted octanol–water partition coefficient (Wildman–Crippen LogP) is 4.70. The second kappa shape index (κ2) is 5.89. The molecule has 0 fully saturated rings. The highest BCUT2D eigenvalue weighted by molar-refractivity contribution is 9.10. The van der Waals surface area contributed by atoms with Gasteiger partial charge in [-0.2, -0.15) is 0 Å². The van der Waals surface area contributed by atoms with Crippen LogP contribution in [0.5, 0.6) is 0 Å². The van der Waals surface area contributed by atoms with Gasteiger partial charge < -0.3 is 0 Å². The topological polar surface area (TPSA) is 46.2 Å². The number of sulfonamides is 1. The highest BCUT2D eigenvalue weighted by Crippen LogP contribution is 2.28. The van der Waals surface area contributed by atoms with Crippen molar-refractivity contribution in [2.45, 2.75) is 4.90 Å². The lowest BCUT2D eigenvalue weighted by atomic mass is 10.3. The number of hydrogen-bond donors (Lipinski definition) is 1. The molecule has 0 spiro atoms. The second-order valence-electron chi connectivity index (χ2n) is 3.83. The van der Waals surface area contributed by atoms with E-state index in [1.165, 1.54) is 30.3 Å². The van der Waals surface area contributed by atoms with Crippen molar-refractivity contribution in [1.82, 2.24) is 0 Å². The van der Waals surface area contributed by atoms with Crippen molar-refractivity contribution < 1.29 is 12.8 Å². The molecular formula is C12H7BrCl2FNO2S. The maximum atomic E-state index is 13.2. The smallest absolute Gasteiger partial charge is 0.262 e. The van der Waals surface area contributed by atoms with E-state index in [1.807, 2.05) is 0 Å². The van der Waals surface area contributed by atoms with Crippen LogP contribution in [-0.4, -0.2) is 8.42 Å². The molecule has 2 aromatic rings. The summed E-state index contributed by atoms with van der Waals surface area (Å²) in [6.45, 7) is 0. The van der Waals surface area contributed by atoms with Crippen LogP contribution in [0.25, 0.3) is 0 Å². The van der Waals surface area contributed by atoms with E-state index in [-0.39, 0.29) is 20.6 Å². The van der Waals surface area contributed by atoms with E-state index in [4.69, 9.17) is 23.2 Å². The summed E-state index contributed by atoms with van der Waals surface area (Å²) < 4.78 is 40.2. The Kier molecular flexibility index (Phi) is 4.59. The van der Waals surface area contributed by atoms with Gasteiger partial charge in [-0.25, -0.2) is 12.8 Å². The van der Waals surface area contributed by atoms with Crippen molar-refractivity contribution in [2.24, 2.45) is 0 Å². The molecule has 0 aliphatic carbocycles. The van der Waals surface area contributed by atoms with Crippen LogP contribution in [0.3, 0.4) is 0 Å². The zero-order chi connectivity index (χ0) is 14.9. The van der Waals surface area contributed by atoms with Crippen LogP contribution < -0.4 is 4.72 Å². The molecule has 0 amide bonds. The summed E-state index contributed by atoms with van der Waals surface area (Å²) in [6.07, 6.45) is 0. The van der Waals surface area contributed by atoms with Crippen LogP contribution in [0, 0.1) is 5.82 Å². The van der Waals surface area contributed by atoms with Gasteiger partial charge in [0.05, 0.1) is 10.6 Å². The molecule has 0 saturated heterocycles. The largest absolute Gasteiger partial charge is 0.278 e. The Labute approximate surface area is 133 Å². The summed E-state index contributed by atoms with van der Waals surface area (Å²) in [4.78, 5) is -0.105. The average molecular weight is 399 g/mol. The van der Waals surface area contributed by atoms with Gasteiger partial charge in [-0.15, -0.1) is 0 Å². The normalized spacial score (nSPS) is 11.4. The van der Waals surface area contributed by atoms with Crippen molar-refractivity contribution in [1.29, 1.82) is 0 Å². The average Bonchev–Trinajstić information content (AvgIpc) is 2.32. The second-order valence-corrected chi connectivity index (χ2v) is 7.24. The van der Waals surface area contributed by atoms with Gasteiger partial charge in [-0.3, -0.25) is 4.72 Å². The maximum absolute atomic E-state index is 13.2. The third-order valence-corrected chi connectivity index (χ3v) is 4.79. The molecule has 0 atom stereocenters. The Morgan fingerprint density at radius 3 is 2.25 bits per heavy atom. The number of nitrogens with one attached hydrogen (secondary N) is 1. The van der Waals surface area contributed by atoms with E-state index in [0.717, 1.165) is 6.07 Å². The Bertz CT molecular complexity index is 748. The molecule has 0 heterocycles. The summed E-state index contributed by atoms with van der Waals surface area (Å²) in [6, 6.07) is 7.59. The van der Waals surface area contributed by atoms with E-state index >= 15 is 0 Å². The fourth-order valence-corrected chi connectivity index (χ4v) is 3.74. The van der Waals surface area contributed by atoms with E-state index in [1.54, 1.807) is 0 Å². The molecule has 0 saturated carbocycles. The van der Waals surface area contributed by atoms with E-state index in [9.17, 15) is 12.8 Å². The molecule has 3 nitrogen and oxygen atoms in total. The predicted molar refractivity (Wildman–Crippen MR) is 81.4 cm³/mol. The highest BCUT2D eigenvalue weighted by Gasteiger charge is 2.17. The van der Waals surface area contributed by atoms with Crippen molar-refractivity contribution >= 4 is 54.8 Å². The summed E-state index contributed by atoms with van der Waals surface area (Å²) in [5.74, 6) is -0.560. The minimum Gasteiger partial charge on any atom is -0.278 e. The van der Waals surface area contributed by atoms with Crippen molar-refractivity contribution in [3.8, 4) is 0 Å². The monoisotopic (exact) mass is 397 g/mol. The summed E-state index contributed by atoms with van der Waals surface area (Å²) in [5.41, 5.74) is 0.0843. The van der Waals surface area contributed by atoms with Gasteiger partial charge in [0.2, 0.25) is 0 Å². The van der Waals surface area contributed by atoms with Crippen molar-refractivity contribution in [2.75, 3.05) is 4.72 Å². The summed E-state index contributed by atoms with van der Waals surface area (Å²) in [7, 11) is -3.91. The lowest BCUT2D eigenvalue weighted by Crippen LogP contribution is -2.13. The van der Waals surface area contributed by atoms with E-state index in [0.29, 0.717) is 4.47 Å². The van der Waals surface area contributed by atoms with Crippen LogP contribution in [-0.2, 0) is 10.0 Å². The van der Waals surface area contributed by atoms with Crippen LogP contribution in [0.1, 0.15) is 0 Å². The molecule has 0 bridgehead atoms. The Balaban J connectivity index is 2.43. The number of halogens is 4. The van der Waals surface area contributed by atoms with E-state index in [2.05, 4.69) is 20.7 Å². The Morgan fingerprint density at radius 1 is 1.05 bits per heavy atom. The molecule has 106 valence electrons. The molecule has 20 heavy (non-hydrogen) atoms. The van der Waals surface area contributed by atoms with Crippen LogP contribution in [0.2, 0.25) is 10.0 Å². The molecule has 0 aliphatic rings. The first-order valence-corrected chi connectivity index (χ1v) is 8.25. The van der Waals surface area contributed by atoms with Gasteiger partial charge in [-0.1, -0.05) is 23.2 Å². The quantitative estimate of drug-likeness (QED) is 0.814. The van der Waals surface area contributed by atoms with Crippen molar-refractivity contribution in [3.63, 3.8) is 0 Å². The lowest BCUT2D eigenvalue weighted by molar-refractivity contribution is 0.601. The zero-order valence-corrected chi connectivity index (χ0v) is 13.6. The molecule has 0 aliphatic heterocycles. The minimum absolute atomic E-state index is 0.0843. The van der Waals surface area contributed by atoms with Crippen LogP contribution in [0.4, 0.5) is 10.1 Å². The van der Waals surface area contributed by atoms with Crippen molar-refractivity contribution in [3.05, 3.63) is 56.7 Å². The standard InChI is InChI=1S/C12H7BrCl2FNO2S/c13-11-2-1-9(16)6-12(11)17-20(18,19)10-4-7(14)3-8(15)5-10/h1-6,17H. The third-order valence-electron chi connectivity index (χ3n) is 2.32. The molecular weight excluding hydrogens is 392 g/mol. The van der Waals surface area contributed by atoms with Gasteiger partial charge in [-0.05, 0) is 52.3 Å². The summed E-state index contributed by atoms with van der Waals surface area (Å²) in [5, 5.41) is 0.382. The first-order chi connectivity index (χ1) is 9.28.